The fourth-order valence-electron chi connectivity index (χ4n) is 3.92. The summed E-state index contributed by atoms with van der Waals surface area (Å²) in [4.78, 5) is 1.33. The predicted molar refractivity (Wildman–Crippen MR) is 100 cm³/mol. The van der Waals surface area contributed by atoms with Crippen molar-refractivity contribution >= 4 is 21.4 Å². The number of sulfonamides is 1. The molecule has 1 saturated carbocycles. The molecule has 2 aromatic heterocycles. The van der Waals surface area contributed by atoms with Crippen molar-refractivity contribution in [3.8, 4) is 10.6 Å². The van der Waals surface area contributed by atoms with Gasteiger partial charge in [0.05, 0.1) is 10.9 Å². The molecule has 0 bridgehead atoms. The Bertz CT molecular complexity index is 797. The number of aromatic nitrogens is 2. The van der Waals surface area contributed by atoms with Gasteiger partial charge in [0.15, 0.2) is 0 Å². The highest BCUT2D eigenvalue weighted by Crippen LogP contribution is 2.36. The minimum atomic E-state index is -3.49. The van der Waals surface area contributed by atoms with Crippen molar-refractivity contribution in [2.24, 2.45) is 0 Å². The lowest BCUT2D eigenvalue weighted by Gasteiger charge is -2.19. The van der Waals surface area contributed by atoms with Gasteiger partial charge < -0.3 is 0 Å². The normalized spacial score (nSPS) is 20.8. The molecule has 0 aromatic carbocycles. The van der Waals surface area contributed by atoms with Gasteiger partial charge in [-0.25, -0.2) is 8.42 Å². The summed E-state index contributed by atoms with van der Waals surface area (Å²) in [5.41, 5.74) is 0.631. The Morgan fingerprint density at radius 2 is 1.76 bits per heavy atom. The number of rotatable bonds is 4. The number of hydrogen-bond donors (Lipinski definition) is 0. The molecule has 2 aromatic rings. The molecule has 0 N–H and O–H groups in total. The number of hydrogen-bond acceptors (Lipinski definition) is 4. The summed E-state index contributed by atoms with van der Waals surface area (Å²) in [6.07, 6.45) is 10.5. The van der Waals surface area contributed by atoms with Crippen molar-refractivity contribution in [2.75, 3.05) is 13.1 Å². The lowest BCUT2D eigenvalue weighted by Crippen LogP contribution is -2.32. The third-order valence-corrected chi connectivity index (χ3v) is 8.11. The van der Waals surface area contributed by atoms with Crippen LogP contribution in [0.3, 0.4) is 0 Å². The van der Waals surface area contributed by atoms with E-state index in [2.05, 4.69) is 0 Å². The van der Waals surface area contributed by atoms with Crippen molar-refractivity contribution in [3.63, 3.8) is 0 Å². The van der Waals surface area contributed by atoms with Crippen LogP contribution in [-0.4, -0.2) is 35.6 Å². The van der Waals surface area contributed by atoms with Crippen LogP contribution in [0.4, 0.5) is 0 Å². The lowest BCUT2D eigenvalue weighted by atomic mass is 10.2. The summed E-state index contributed by atoms with van der Waals surface area (Å²) in [6.45, 7) is 1.25. The first-order valence-electron chi connectivity index (χ1n) is 9.29. The maximum absolute atomic E-state index is 13.4. The van der Waals surface area contributed by atoms with E-state index in [-0.39, 0.29) is 0 Å². The summed E-state index contributed by atoms with van der Waals surface area (Å²) in [6, 6.07) is 4.26. The van der Waals surface area contributed by atoms with Crippen LogP contribution in [0.2, 0.25) is 0 Å². The Hall–Kier alpha value is -1.18. The molecule has 2 aliphatic rings. The highest BCUT2D eigenvalue weighted by molar-refractivity contribution is 7.89. The minimum Gasteiger partial charge on any atom is -0.268 e. The summed E-state index contributed by atoms with van der Waals surface area (Å²) >= 11 is 1.55. The second-order valence-electron chi connectivity index (χ2n) is 7.06. The van der Waals surface area contributed by atoms with Gasteiger partial charge in [0.2, 0.25) is 10.0 Å². The predicted octanol–water partition coefficient (Wildman–Crippen LogP) is 4.29. The summed E-state index contributed by atoms with van der Waals surface area (Å²) < 4.78 is 30.3. The van der Waals surface area contributed by atoms with Gasteiger partial charge in [0, 0.05) is 19.3 Å². The van der Waals surface area contributed by atoms with Gasteiger partial charge in [-0.15, -0.1) is 11.3 Å². The molecule has 0 amide bonds. The van der Waals surface area contributed by atoms with Gasteiger partial charge in [-0.05, 0) is 37.1 Å². The average Bonchev–Trinajstić information content (AvgIpc) is 3.31. The Morgan fingerprint density at radius 3 is 2.40 bits per heavy atom. The highest BCUT2D eigenvalue weighted by atomic mass is 32.2. The molecule has 0 spiro atoms. The van der Waals surface area contributed by atoms with Crippen LogP contribution in [0.15, 0.2) is 28.6 Å². The van der Waals surface area contributed by atoms with E-state index < -0.39 is 10.0 Å². The molecule has 2 fully saturated rings. The van der Waals surface area contributed by atoms with Crippen LogP contribution in [0, 0.1) is 0 Å². The molecule has 0 unspecified atom stereocenters. The van der Waals surface area contributed by atoms with Gasteiger partial charge >= 0.3 is 0 Å². The largest absolute Gasteiger partial charge is 0.268 e. The zero-order valence-electron chi connectivity index (χ0n) is 14.4. The van der Waals surface area contributed by atoms with E-state index in [9.17, 15) is 8.42 Å². The van der Waals surface area contributed by atoms with Gasteiger partial charge in [-0.3, -0.25) is 4.68 Å². The molecule has 0 radical (unpaired) electrons. The minimum absolute atomic E-state index is 0.340. The van der Waals surface area contributed by atoms with Crippen LogP contribution >= 0.6 is 11.3 Å². The molecule has 1 aliphatic carbocycles. The first-order valence-corrected chi connectivity index (χ1v) is 11.6. The van der Waals surface area contributed by atoms with Crippen LogP contribution < -0.4 is 0 Å². The van der Waals surface area contributed by atoms with E-state index in [4.69, 9.17) is 5.10 Å². The molecule has 1 saturated heterocycles. The fourth-order valence-corrected chi connectivity index (χ4v) is 6.37. The Kier molecular flexibility index (Phi) is 4.97. The first kappa shape index (κ1) is 17.2. The molecule has 1 aliphatic heterocycles. The zero-order valence-corrected chi connectivity index (χ0v) is 16.1. The SMILES string of the molecule is O=S(=O)(c1cn(C2CCCC2)nc1-c1cccs1)N1CCCCCC1. The van der Waals surface area contributed by atoms with E-state index in [1.54, 1.807) is 21.8 Å². The second-order valence-corrected chi connectivity index (χ2v) is 9.91. The highest BCUT2D eigenvalue weighted by Gasteiger charge is 2.32. The van der Waals surface area contributed by atoms with Gasteiger partial charge in [-0.1, -0.05) is 31.7 Å². The van der Waals surface area contributed by atoms with Crippen LogP contribution in [0.1, 0.15) is 57.4 Å². The van der Waals surface area contributed by atoms with Gasteiger partial charge in [0.25, 0.3) is 0 Å². The van der Waals surface area contributed by atoms with Gasteiger partial charge in [0.1, 0.15) is 10.6 Å². The van der Waals surface area contributed by atoms with Crippen LogP contribution in [0.5, 0.6) is 0 Å². The summed E-state index contributed by atoms with van der Waals surface area (Å²) in [5.74, 6) is 0. The third-order valence-electron chi connectivity index (χ3n) is 5.33. The standard InChI is InChI=1S/C18H25N3O2S2/c22-25(23,20-11-5-1-2-6-12-20)17-14-21(15-8-3-4-9-15)19-18(17)16-10-7-13-24-16/h7,10,13-15H,1-6,8-9,11-12H2. The van der Waals surface area contributed by atoms with Crippen LogP contribution in [-0.2, 0) is 10.0 Å². The van der Waals surface area contributed by atoms with E-state index in [0.29, 0.717) is 29.7 Å². The monoisotopic (exact) mass is 379 g/mol. The van der Waals surface area contributed by atoms with Crippen molar-refractivity contribution in [1.82, 2.24) is 14.1 Å². The smallest absolute Gasteiger partial charge is 0.246 e. The van der Waals surface area contributed by atoms with E-state index >= 15 is 0 Å². The number of thiophene rings is 1. The second kappa shape index (κ2) is 7.21. The molecule has 25 heavy (non-hydrogen) atoms. The maximum atomic E-state index is 13.4. The van der Waals surface area contributed by atoms with E-state index in [1.165, 1.54) is 12.8 Å². The van der Waals surface area contributed by atoms with E-state index in [1.807, 2.05) is 22.2 Å². The molecule has 7 heteroatoms. The Morgan fingerprint density at radius 1 is 1.04 bits per heavy atom. The summed E-state index contributed by atoms with van der Waals surface area (Å²) in [7, 11) is -3.49. The zero-order chi connectivity index (χ0) is 17.3. The summed E-state index contributed by atoms with van der Waals surface area (Å²) in [5, 5.41) is 6.72. The topological polar surface area (TPSA) is 55.2 Å². The van der Waals surface area contributed by atoms with E-state index in [0.717, 1.165) is 43.4 Å². The molecule has 3 heterocycles. The molecular formula is C18H25N3O2S2. The molecular weight excluding hydrogens is 354 g/mol. The maximum Gasteiger partial charge on any atom is 0.246 e. The first-order chi connectivity index (χ1) is 12.2. The fraction of sp³-hybridized carbons (Fsp3) is 0.611. The van der Waals surface area contributed by atoms with Crippen molar-refractivity contribution in [3.05, 3.63) is 23.7 Å². The molecule has 4 rings (SSSR count). The third kappa shape index (κ3) is 3.41. The average molecular weight is 380 g/mol. The molecule has 5 nitrogen and oxygen atoms in total. The Balaban J connectivity index is 1.76. The van der Waals surface area contributed by atoms with Crippen molar-refractivity contribution in [1.29, 1.82) is 0 Å². The number of nitrogens with zero attached hydrogens (tertiary/aromatic N) is 3. The van der Waals surface area contributed by atoms with Crippen LogP contribution in [0.25, 0.3) is 10.6 Å². The molecule has 0 atom stereocenters. The van der Waals surface area contributed by atoms with Crippen molar-refractivity contribution < 1.29 is 8.42 Å². The molecule has 136 valence electrons. The quantitative estimate of drug-likeness (QED) is 0.796. The van der Waals surface area contributed by atoms with Gasteiger partial charge in [-0.2, -0.15) is 9.40 Å². The Labute approximate surface area is 153 Å². The lowest BCUT2D eigenvalue weighted by molar-refractivity contribution is 0.423. The van der Waals surface area contributed by atoms with Crippen molar-refractivity contribution in [2.45, 2.75) is 62.3 Å².